The van der Waals surface area contributed by atoms with Crippen LogP contribution in [-0.2, 0) is 9.59 Å². The van der Waals surface area contributed by atoms with E-state index in [4.69, 9.17) is 5.11 Å². The molecule has 14 heavy (non-hydrogen) atoms. The number of aliphatic carboxylic acids is 1. The molecule has 0 atom stereocenters. The number of carboxylic acids is 1. The Kier molecular flexibility index (Phi) is 8.42. The van der Waals surface area contributed by atoms with Crippen molar-refractivity contribution in [3.05, 3.63) is 0 Å². The Morgan fingerprint density at radius 3 is 2.71 bits per heavy atom. The number of thioether (sulfide) groups is 1. The maximum absolute atomic E-state index is 11.1. The van der Waals surface area contributed by atoms with Crippen molar-refractivity contribution < 1.29 is 14.7 Å². The molecule has 0 aliphatic carbocycles. The number of carboxylic acid groups (broad SMARTS) is 1. The maximum atomic E-state index is 11.1. The van der Waals surface area contributed by atoms with Gasteiger partial charge in [0, 0.05) is 18.7 Å². The van der Waals surface area contributed by atoms with Crippen LogP contribution in [0.15, 0.2) is 0 Å². The van der Waals surface area contributed by atoms with Gasteiger partial charge in [-0.25, -0.2) is 0 Å². The molecule has 0 heterocycles. The Morgan fingerprint density at radius 1 is 1.43 bits per heavy atom. The van der Waals surface area contributed by atoms with E-state index in [0.717, 1.165) is 12.8 Å². The SMILES string of the molecule is CCCCC(=O)NCCSCC(=O)O. The summed E-state index contributed by atoms with van der Waals surface area (Å²) < 4.78 is 0. The summed E-state index contributed by atoms with van der Waals surface area (Å²) in [5.41, 5.74) is 0. The van der Waals surface area contributed by atoms with Crippen molar-refractivity contribution in [3.63, 3.8) is 0 Å². The zero-order chi connectivity index (χ0) is 10.8. The fourth-order valence-electron chi connectivity index (χ4n) is 0.848. The summed E-state index contributed by atoms with van der Waals surface area (Å²) in [4.78, 5) is 21.2. The van der Waals surface area contributed by atoms with Crippen LogP contribution >= 0.6 is 11.8 Å². The first kappa shape index (κ1) is 13.3. The average Bonchev–Trinajstić information content (AvgIpc) is 2.13. The van der Waals surface area contributed by atoms with Gasteiger partial charge in [0.1, 0.15) is 0 Å². The van der Waals surface area contributed by atoms with Crippen LogP contribution in [0.1, 0.15) is 26.2 Å². The predicted octanol–water partition coefficient (Wildman–Crippen LogP) is 1.11. The Balaban J connectivity index is 3.19. The first-order valence-electron chi connectivity index (χ1n) is 4.73. The molecule has 0 aromatic heterocycles. The number of rotatable bonds is 8. The van der Waals surface area contributed by atoms with E-state index in [0.29, 0.717) is 18.7 Å². The van der Waals surface area contributed by atoms with Crippen LogP contribution in [0.2, 0.25) is 0 Å². The fourth-order valence-corrected chi connectivity index (χ4v) is 1.41. The second-order valence-corrected chi connectivity index (χ2v) is 4.01. The molecular formula is C9H17NO3S. The largest absolute Gasteiger partial charge is 0.481 e. The molecule has 0 fully saturated rings. The molecule has 0 aromatic carbocycles. The molecule has 82 valence electrons. The van der Waals surface area contributed by atoms with Gasteiger partial charge in [-0.1, -0.05) is 13.3 Å². The number of unbranched alkanes of at least 4 members (excludes halogenated alkanes) is 1. The third kappa shape index (κ3) is 9.38. The Labute approximate surface area is 88.4 Å². The fraction of sp³-hybridized carbons (Fsp3) is 0.778. The smallest absolute Gasteiger partial charge is 0.313 e. The van der Waals surface area contributed by atoms with E-state index < -0.39 is 5.97 Å². The minimum atomic E-state index is -0.813. The molecule has 2 N–H and O–H groups in total. The summed E-state index contributed by atoms with van der Waals surface area (Å²) in [5.74, 6) is 0.00437. The quantitative estimate of drug-likeness (QED) is 0.600. The standard InChI is InChI=1S/C9H17NO3S/c1-2-3-4-8(11)10-5-6-14-7-9(12)13/h2-7H2,1H3,(H,10,11)(H,12,13). The second kappa shape index (κ2) is 8.87. The van der Waals surface area contributed by atoms with Gasteiger partial charge in [0.15, 0.2) is 0 Å². The van der Waals surface area contributed by atoms with E-state index in [1.54, 1.807) is 0 Å². The lowest BCUT2D eigenvalue weighted by atomic mass is 10.2. The van der Waals surface area contributed by atoms with Crippen LogP contribution in [0.5, 0.6) is 0 Å². The Morgan fingerprint density at radius 2 is 2.14 bits per heavy atom. The zero-order valence-corrected chi connectivity index (χ0v) is 9.23. The first-order valence-corrected chi connectivity index (χ1v) is 5.88. The molecule has 0 aliphatic rings. The number of nitrogens with one attached hydrogen (secondary N) is 1. The van der Waals surface area contributed by atoms with Crippen molar-refractivity contribution in [2.24, 2.45) is 0 Å². The lowest BCUT2D eigenvalue weighted by Crippen LogP contribution is -2.25. The van der Waals surface area contributed by atoms with E-state index in [9.17, 15) is 9.59 Å². The van der Waals surface area contributed by atoms with Crippen LogP contribution in [-0.4, -0.2) is 35.0 Å². The van der Waals surface area contributed by atoms with Gasteiger partial charge < -0.3 is 10.4 Å². The Bertz CT molecular complexity index is 185. The van der Waals surface area contributed by atoms with Gasteiger partial charge >= 0.3 is 5.97 Å². The normalized spacial score (nSPS) is 9.79. The van der Waals surface area contributed by atoms with Gasteiger partial charge in [0.05, 0.1) is 5.75 Å². The van der Waals surface area contributed by atoms with Crippen LogP contribution < -0.4 is 5.32 Å². The highest BCUT2D eigenvalue weighted by Gasteiger charge is 2.00. The van der Waals surface area contributed by atoms with E-state index >= 15 is 0 Å². The lowest BCUT2D eigenvalue weighted by Gasteiger charge is -2.03. The van der Waals surface area contributed by atoms with Gasteiger partial charge in [0.2, 0.25) is 5.91 Å². The summed E-state index contributed by atoms with van der Waals surface area (Å²) in [6.45, 7) is 2.59. The summed E-state index contributed by atoms with van der Waals surface area (Å²) in [7, 11) is 0. The van der Waals surface area contributed by atoms with Gasteiger partial charge in [0.25, 0.3) is 0 Å². The molecule has 0 aliphatic heterocycles. The minimum absolute atomic E-state index is 0.0581. The third-order valence-corrected chi connectivity index (χ3v) is 2.50. The van der Waals surface area contributed by atoms with Crippen molar-refractivity contribution in [2.75, 3.05) is 18.1 Å². The number of hydrogen-bond acceptors (Lipinski definition) is 3. The molecule has 5 heteroatoms. The lowest BCUT2D eigenvalue weighted by molar-refractivity contribution is -0.133. The van der Waals surface area contributed by atoms with E-state index in [1.165, 1.54) is 11.8 Å². The number of amides is 1. The molecule has 4 nitrogen and oxygen atoms in total. The maximum Gasteiger partial charge on any atom is 0.313 e. The van der Waals surface area contributed by atoms with Gasteiger partial charge in [-0.05, 0) is 6.42 Å². The predicted molar refractivity (Wildman–Crippen MR) is 57.5 cm³/mol. The zero-order valence-electron chi connectivity index (χ0n) is 8.41. The highest BCUT2D eigenvalue weighted by Crippen LogP contribution is 1.97. The molecule has 0 radical (unpaired) electrons. The number of carbonyl (C=O) groups excluding carboxylic acids is 1. The summed E-state index contributed by atoms with van der Waals surface area (Å²) >= 11 is 1.31. The number of carbonyl (C=O) groups is 2. The molecule has 0 saturated heterocycles. The van der Waals surface area contributed by atoms with Crippen molar-refractivity contribution >= 4 is 23.6 Å². The molecular weight excluding hydrogens is 202 g/mol. The van der Waals surface area contributed by atoms with Crippen LogP contribution in [0.25, 0.3) is 0 Å². The van der Waals surface area contributed by atoms with Crippen LogP contribution in [0.4, 0.5) is 0 Å². The van der Waals surface area contributed by atoms with Gasteiger partial charge in [-0.15, -0.1) is 11.8 Å². The topological polar surface area (TPSA) is 66.4 Å². The molecule has 0 saturated carbocycles. The monoisotopic (exact) mass is 219 g/mol. The van der Waals surface area contributed by atoms with Gasteiger partial charge in [-0.3, -0.25) is 9.59 Å². The Hall–Kier alpha value is -0.710. The molecule has 0 bridgehead atoms. The van der Waals surface area contributed by atoms with E-state index in [2.05, 4.69) is 5.32 Å². The van der Waals surface area contributed by atoms with Crippen LogP contribution in [0, 0.1) is 0 Å². The highest BCUT2D eigenvalue weighted by molar-refractivity contribution is 7.99. The summed E-state index contributed by atoms with van der Waals surface area (Å²) in [6, 6.07) is 0. The molecule has 0 aromatic rings. The van der Waals surface area contributed by atoms with Crippen molar-refractivity contribution in [2.45, 2.75) is 26.2 Å². The van der Waals surface area contributed by atoms with Crippen molar-refractivity contribution in [3.8, 4) is 0 Å². The average molecular weight is 219 g/mol. The molecule has 1 amide bonds. The minimum Gasteiger partial charge on any atom is -0.481 e. The molecule has 0 rings (SSSR count). The third-order valence-electron chi connectivity index (χ3n) is 1.55. The summed E-state index contributed by atoms with van der Waals surface area (Å²) in [5, 5.41) is 11.1. The van der Waals surface area contributed by atoms with E-state index in [-0.39, 0.29) is 11.7 Å². The summed E-state index contributed by atoms with van der Waals surface area (Å²) in [6.07, 6.45) is 2.50. The highest BCUT2D eigenvalue weighted by atomic mass is 32.2. The first-order chi connectivity index (χ1) is 6.66. The van der Waals surface area contributed by atoms with Crippen LogP contribution in [0.3, 0.4) is 0 Å². The second-order valence-electron chi connectivity index (χ2n) is 2.90. The molecule has 0 unspecified atom stereocenters. The van der Waals surface area contributed by atoms with Crippen molar-refractivity contribution in [1.29, 1.82) is 0 Å². The van der Waals surface area contributed by atoms with Gasteiger partial charge in [-0.2, -0.15) is 0 Å². The van der Waals surface area contributed by atoms with E-state index in [1.807, 2.05) is 6.92 Å². The molecule has 0 spiro atoms. The van der Waals surface area contributed by atoms with Crippen molar-refractivity contribution in [1.82, 2.24) is 5.32 Å². The number of hydrogen-bond donors (Lipinski definition) is 2.